The summed E-state index contributed by atoms with van der Waals surface area (Å²) in [5, 5.41) is 18.1. The molecule has 1 aliphatic heterocycles. The number of β-amino-alcohol motifs (C(OH)–C–C–N with tert-alkyl or cyclic N) is 1. The van der Waals surface area contributed by atoms with Crippen molar-refractivity contribution in [2.45, 2.75) is 37.3 Å². The van der Waals surface area contributed by atoms with Gasteiger partial charge in [0, 0.05) is 19.3 Å². The van der Waals surface area contributed by atoms with Gasteiger partial charge in [0.05, 0.1) is 18.3 Å². The number of aliphatic hydroxyl groups excluding tert-OH is 1. The van der Waals surface area contributed by atoms with E-state index < -0.39 is 0 Å². The molecule has 1 unspecified atom stereocenters. The molecule has 2 aromatic rings. The van der Waals surface area contributed by atoms with Gasteiger partial charge < -0.3 is 5.11 Å². The normalized spacial score (nSPS) is 28.1. The smallest absolute Gasteiger partial charge is 0.0934 e. The lowest BCUT2D eigenvalue weighted by Crippen LogP contribution is -2.24. The highest BCUT2D eigenvalue weighted by molar-refractivity contribution is 5.34. The molecule has 22 heavy (non-hydrogen) atoms. The first-order valence-corrected chi connectivity index (χ1v) is 8.15. The van der Waals surface area contributed by atoms with Gasteiger partial charge in [-0.15, -0.1) is 5.10 Å². The van der Waals surface area contributed by atoms with E-state index in [1.807, 2.05) is 6.20 Å². The van der Waals surface area contributed by atoms with Crippen LogP contribution in [-0.4, -0.2) is 50.7 Å². The molecule has 1 aromatic heterocycles. The van der Waals surface area contributed by atoms with Gasteiger partial charge in [0.2, 0.25) is 0 Å². The number of aliphatic hydroxyl groups is 1. The molecule has 5 nitrogen and oxygen atoms in total. The average molecular weight is 298 g/mol. The van der Waals surface area contributed by atoms with Gasteiger partial charge in [0.15, 0.2) is 0 Å². The predicted octanol–water partition coefficient (Wildman–Crippen LogP) is 1.62. The fraction of sp³-hybridized carbons (Fsp3) is 0.529. The number of benzene rings is 1. The van der Waals surface area contributed by atoms with Gasteiger partial charge in [0.25, 0.3) is 0 Å². The van der Waals surface area contributed by atoms with Crippen molar-refractivity contribution >= 4 is 0 Å². The van der Waals surface area contributed by atoms with E-state index in [1.165, 1.54) is 30.4 Å². The summed E-state index contributed by atoms with van der Waals surface area (Å²) in [7, 11) is 0. The molecule has 5 heteroatoms. The van der Waals surface area contributed by atoms with Crippen LogP contribution in [0.25, 0.3) is 0 Å². The molecule has 0 spiro atoms. The average Bonchev–Trinajstić information content (AvgIpc) is 3.24. The van der Waals surface area contributed by atoms with Crippen LogP contribution in [0.2, 0.25) is 0 Å². The van der Waals surface area contributed by atoms with Crippen molar-refractivity contribution in [2.24, 2.45) is 0 Å². The van der Waals surface area contributed by atoms with E-state index in [0.717, 1.165) is 19.6 Å². The molecule has 0 saturated carbocycles. The van der Waals surface area contributed by atoms with E-state index in [-0.39, 0.29) is 12.1 Å². The molecule has 2 aliphatic rings. The van der Waals surface area contributed by atoms with Gasteiger partial charge in [-0.3, -0.25) is 4.90 Å². The van der Waals surface area contributed by atoms with Crippen LogP contribution in [0.1, 0.15) is 35.9 Å². The van der Waals surface area contributed by atoms with Crippen molar-refractivity contribution < 1.29 is 5.11 Å². The van der Waals surface area contributed by atoms with E-state index in [1.54, 1.807) is 10.9 Å². The van der Waals surface area contributed by atoms with Gasteiger partial charge in [0.1, 0.15) is 0 Å². The lowest BCUT2D eigenvalue weighted by atomic mass is 9.98. The second kappa shape index (κ2) is 5.82. The maximum Gasteiger partial charge on any atom is 0.0934 e. The molecule has 4 rings (SSSR count). The number of fused-ring (bicyclic) bond motifs is 1. The van der Waals surface area contributed by atoms with Crippen LogP contribution in [0.5, 0.6) is 0 Å². The Morgan fingerprint density at radius 1 is 1.23 bits per heavy atom. The van der Waals surface area contributed by atoms with Crippen molar-refractivity contribution in [1.29, 1.82) is 0 Å². The van der Waals surface area contributed by atoms with E-state index in [4.69, 9.17) is 0 Å². The molecular formula is C17H22N4O. The van der Waals surface area contributed by atoms with Crippen LogP contribution < -0.4 is 0 Å². The highest BCUT2D eigenvalue weighted by Crippen LogP contribution is 2.35. The van der Waals surface area contributed by atoms with E-state index >= 15 is 0 Å². The topological polar surface area (TPSA) is 54.2 Å². The van der Waals surface area contributed by atoms with Crippen LogP contribution in [0.4, 0.5) is 0 Å². The molecule has 1 fully saturated rings. The quantitative estimate of drug-likeness (QED) is 0.932. The highest BCUT2D eigenvalue weighted by Gasteiger charge is 2.33. The second-order valence-corrected chi connectivity index (χ2v) is 6.50. The molecular weight excluding hydrogens is 276 g/mol. The zero-order chi connectivity index (χ0) is 14.9. The van der Waals surface area contributed by atoms with Gasteiger partial charge in [-0.05, 0) is 42.9 Å². The Hall–Kier alpha value is -1.72. The summed E-state index contributed by atoms with van der Waals surface area (Å²) in [4.78, 5) is 2.36. The van der Waals surface area contributed by atoms with Gasteiger partial charge >= 0.3 is 0 Å². The largest absolute Gasteiger partial charge is 0.390 e. The number of likely N-dealkylation sites (tertiary alicyclic amines) is 1. The molecule has 0 radical (unpaired) electrons. The summed E-state index contributed by atoms with van der Waals surface area (Å²) in [5.41, 5.74) is 3.06. The first kappa shape index (κ1) is 13.9. The van der Waals surface area contributed by atoms with Crippen LogP contribution in [0, 0.1) is 0 Å². The highest BCUT2D eigenvalue weighted by atomic mass is 16.3. The SMILES string of the molecule is O[C@@H]1CN(CCC2CCc3ccccc32)C[C@H]1n1ccnn1. The number of rotatable bonds is 4. The first-order valence-electron chi connectivity index (χ1n) is 8.15. The van der Waals surface area contributed by atoms with Gasteiger partial charge in [-0.2, -0.15) is 0 Å². The Morgan fingerprint density at radius 2 is 2.14 bits per heavy atom. The van der Waals surface area contributed by atoms with Crippen LogP contribution in [-0.2, 0) is 6.42 Å². The molecule has 0 bridgehead atoms. The molecule has 1 aromatic carbocycles. The lowest BCUT2D eigenvalue weighted by molar-refractivity contribution is 0.138. The van der Waals surface area contributed by atoms with Crippen molar-refractivity contribution in [3.8, 4) is 0 Å². The van der Waals surface area contributed by atoms with E-state index in [2.05, 4.69) is 39.5 Å². The molecule has 1 aliphatic carbocycles. The third-order valence-corrected chi connectivity index (χ3v) is 5.17. The Kier molecular flexibility index (Phi) is 3.68. The molecule has 0 amide bonds. The fourth-order valence-corrected chi connectivity index (χ4v) is 3.97. The first-order chi connectivity index (χ1) is 10.8. The third-order valence-electron chi connectivity index (χ3n) is 5.17. The minimum Gasteiger partial charge on any atom is -0.390 e. The maximum absolute atomic E-state index is 10.3. The van der Waals surface area contributed by atoms with E-state index in [0.29, 0.717) is 5.92 Å². The summed E-state index contributed by atoms with van der Waals surface area (Å²) in [6.07, 6.45) is 6.81. The van der Waals surface area contributed by atoms with Crippen LogP contribution in [0.15, 0.2) is 36.7 Å². The number of aryl methyl sites for hydroxylation is 1. The Labute approximate surface area is 130 Å². The van der Waals surface area contributed by atoms with Crippen LogP contribution >= 0.6 is 0 Å². The number of nitrogens with zero attached hydrogens (tertiary/aromatic N) is 4. The summed E-state index contributed by atoms with van der Waals surface area (Å²) < 4.78 is 1.79. The molecule has 1 saturated heterocycles. The standard InChI is InChI=1S/C17H22N4O/c22-17-12-20(11-16(17)21-10-8-18-19-21)9-7-14-6-5-13-3-1-2-4-15(13)14/h1-4,8,10,14,16-17,22H,5-7,9,11-12H2/t14?,16-,17-/m1/s1. The Morgan fingerprint density at radius 3 is 3.00 bits per heavy atom. The lowest BCUT2D eigenvalue weighted by Gasteiger charge is -2.18. The monoisotopic (exact) mass is 298 g/mol. The third kappa shape index (κ3) is 2.55. The van der Waals surface area contributed by atoms with Crippen LogP contribution in [0.3, 0.4) is 0 Å². The van der Waals surface area contributed by atoms with Crippen molar-refractivity contribution in [3.05, 3.63) is 47.8 Å². The predicted molar refractivity (Wildman–Crippen MR) is 83.6 cm³/mol. The Balaban J connectivity index is 1.36. The number of hydrogen-bond donors (Lipinski definition) is 1. The number of hydrogen-bond acceptors (Lipinski definition) is 4. The summed E-state index contributed by atoms with van der Waals surface area (Å²) in [5.74, 6) is 0.679. The number of aromatic nitrogens is 3. The zero-order valence-corrected chi connectivity index (χ0v) is 12.7. The molecule has 1 N–H and O–H groups in total. The molecule has 2 heterocycles. The summed E-state index contributed by atoms with van der Waals surface area (Å²) in [6, 6.07) is 8.87. The zero-order valence-electron chi connectivity index (χ0n) is 12.7. The minimum atomic E-state index is -0.349. The van der Waals surface area contributed by atoms with Crippen molar-refractivity contribution in [1.82, 2.24) is 19.9 Å². The fourth-order valence-electron chi connectivity index (χ4n) is 3.97. The molecule has 116 valence electrons. The van der Waals surface area contributed by atoms with Crippen molar-refractivity contribution in [3.63, 3.8) is 0 Å². The summed E-state index contributed by atoms with van der Waals surface area (Å²) in [6.45, 7) is 2.64. The minimum absolute atomic E-state index is 0.0402. The Bertz CT molecular complexity index is 627. The van der Waals surface area contributed by atoms with Gasteiger partial charge in [-0.1, -0.05) is 29.5 Å². The van der Waals surface area contributed by atoms with E-state index in [9.17, 15) is 5.11 Å². The molecule has 3 atom stereocenters. The maximum atomic E-state index is 10.3. The van der Waals surface area contributed by atoms with Crippen molar-refractivity contribution in [2.75, 3.05) is 19.6 Å². The second-order valence-electron chi connectivity index (χ2n) is 6.50. The van der Waals surface area contributed by atoms with Gasteiger partial charge in [-0.25, -0.2) is 4.68 Å². The summed E-state index contributed by atoms with van der Waals surface area (Å²) >= 11 is 0.